The molecule has 0 bridgehead atoms. The molecular formula is C20H26N6O2. The van der Waals surface area contributed by atoms with Crippen LogP contribution in [0.25, 0.3) is 0 Å². The SMILES string of the molecule is Cc1ccc(C(=O)N2CCN(C3CCCN(c4cnn(C)c4)C3=O)CC2)nc1. The fourth-order valence-electron chi connectivity index (χ4n) is 3.99. The van der Waals surface area contributed by atoms with Gasteiger partial charge in [-0.1, -0.05) is 6.07 Å². The number of aromatic nitrogens is 3. The molecule has 2 aromatic rings. The molecule has 2 saturated heterocycles. The molecule has 1 unspecified atom stereocenters. The molecule has 2 aliphatic rings. The van der Waals surface area contributed by atoms with Crippen LogP contribution in [-0.2, 0) is 11.8 Å². The van der Waals surface area contributed by atoms with Gasteiger partial charge in [0.1, 0.15) is 5.69 Å². The summed E-state index contributed by atoms with van der Waals surface area (Å²) in [6.07, 6.45) is 7.18. The molecule has 0 aromatic carbocycles. The minimum Gasteiger partial charge on any atom is -0.335 e. The molecule has 28 heavy (non-hydrogen) atoms. The van der Waals surface area contributed by atoms with Crippen molar-refractivity contribution in [2.45, 2.75) is 25.8 Å². The molecular weight excluding hydrogens is 356 g/mol. The molecule has 8 nitrogen and oxygen atoms in total. The van der Waals surface area contributed by atoms with E-state index >= 15 is 0 Å². The van der Waals surface area contributed by atoms with Crippen molar-refractivity contribution in [3.05, 3.63) is 42.0 Å². The van der Waals surface area contributed by atoms with Crippen LogP contribution in [0.15, 0.2) is 30.7 Å². The van der Waals surface area contributed by atoms with Crippen molar-refractivity contribution in [3.8, 4) is 0 Å². The number of carbonyl (C=O) groups excluding carboxylic acids is 2. The molecule has 0 spiro atoms. The van der Waals surface area contributed by atoms with E-state index < -0.39 is 0 Å². The van der Waals surface area contributed by atoms with Crippen molar-refractivity contribution in [2.24, 2.45) is 7.05 Å². The summed E-state index contributed by atoms with van der Waals surface area (Å²) in [5.41, 5.74) is 2.38. The number of rotatable bonds is 3. The van der Waals surface area contributed by atoms with Gasteiger partial charge in [0.2, 0.25) is 5.91 Å². The maximum Gasteiger partial charge on any atom is 0.272 e. The number of piperazine rings is 1. The monoisotopic (exact) mass is 382 g/mol. The Kier molecular flexibility index (Phi) is 5.13. The van der Waals surface area contributed by atoms with Crippen molar-refractivity contribution < 1.29 is 9.59 Å². The zero-order valence-electron chi connectivity index (χ0n) is 16.4. The van der Waals surface area contributed by atoms with Gasteiger partial charge in [0, 0.05) is 52.2 Å². The van der Waals surface area contributed by atoms with Crippen LogP contribution in [0.1, 0.15) is 28.9 Å². The fraction of sp³-hybridized carbons (Fsp3) is 0.500. The zero-order chi connectivity index (χ0) is 19.7. The summed E-state index contributed by atoms with van der Waals surface area (Å²) in [6, 6.07) is 3.56. The van der Waals surface area contributed by atoms with Gasteiger partial charge in [0.15, 0.2) is 0 Å². The van der Waals surface area contributed by atoms with E-state index in [4.69, 9.17) is 0 Å². The first kappa shape index (κ1) is 18.6. The smallest absolute Gasteiger partial charge is 0.272 e. The van der Waals surface area contributed by atoms with E-state index in [9.17, 15) is 9.59 Å². The number of pyridine rings is 1. The average Bonchev–Trinajstić information content (AvgIpc) is 3.14. The Hall–Kier alpha value is -2.74. The van der Waals surface area contributed by atoms with Crippen LogP contribution in [0.3, 0.4) is 0 Å². The topological polar surface area (TPSA) is 74.6 Å². The summed E-state index contributed by atoms with van der Waals surface area (Å²) in [4.78, 5) is 35.9. The summed E-state index contributed by atoms with van der Waals surface area (Å²) >= 11 is 0. The lowest BCUT2D eigenvalue weighted by Gasteiger charge is -2.42. The third-order valence-corrected chi connectivity index (χ3v) is 5.59. The summed E-state index contributed by atoms with van der Waals surface area (Å²) in [5.74, 6) is 0.103. The highest BCUT2D eigenvalue weighted by atomic mass is 16.2. The molecule has 148 valence electrons. The predicted molar refractivity (Wildman–Crippen MR) is 105 cm³/mol. The number of carbonyl (C=O) groups is 2. The minimum absolute atomic E-state index is 0.0355. The van der Waals surface area contributed by atoms with Crippen LogP contribution in [0.4, 0.5) is 5.69 Å². The zero-order valence-corrected chi connectivity index (χ0v) is 16.4. The molecule has 4 heterocycles. The Morgan fingerprint density at radius 1 is 1.11 bits per heavy atom. The van der Waals surface area contributed by atoms with E-state index in [2.05, 4.69) is 15.0 Å². The van der Waals surface area contributed by atoms with Gasteiger partial charge in [-0.15, -0.1) is 0 Å². The minimum atomic E-state index is -0.122. The van der Waals surface area contributed by atoms with Crippen LogP contribution in [-0.4, -0.2) is 75.1 Å². The second-order valence-corrected chi connectivity index (χ2v) is 7.57. The maximum atomic E-state index is 13.1. The molecule has 0 aliphatic carbocycles. The number of amides is 2. The van der Waals surface area contributed by atoms with Crippen LogP contribution in [0.2, 0.25) is 0 Å². The van der Waals surface area contributed by atoms with Gasteiger partial charge >= 0.3 is 0 Å². The number of anilines is 1. The summed E-state index contributed by atoms with van der Waals surface area (Å²) in [7, 11) is 1.86. The number of aryl methyl sites for hydroxylation is 2. The van der Waals surface area contributed by atoms with E-state index in [-0.39, 0.29) is 17.9 Å². The first-order chi connectivity index (χ1) is 13.5. The first-order valence-corrected chi connectivity index (χ1v) is 9.79. The Bertz CT molecular complexity index is 854. The van der Waals surface area contributed by atoms with E-state index in [1.807, 2.05) is 36.0 Å². The van der Waals surface area contributed by atoms with Crippen molar-refractivity contribution in [2.75, 3.05) is 37.6 Å². The third-order valence-electron chi connectivity index (χ3n) is 5.59. The second-order valence-electron chi connectivity index (χ2n) is 7.57. The molecule has 4 rings (SSSR count). The van der Waals surface area contributed by atoms with Gasteiger partial charge in [0.25, 0.3) is 5.91 Å². The molecule has 8 heteroatoms. The molecule has 0 N–H and O–H groups in total. The average molecular weight is 382 g/mol. The highest BCUT2D eigenvalue weighted by Gasteiger charge is 2.36. The van der Waals surface area contributed by atoms with Gasteiger partial charge in [-0.3, -0.25) is 24.2 Å². The lowest BCUT2D eigenvalue weighted by molar-refractivity contribution is -0.126. The van der Waals surface area contributed by atoms with Crippen molar-refractivity contribution >= 4 is 17.5 Å². The van der Waals surface area contributed by atoms with Gasteiger partial charge in [-0.05, 0) is 31.4 Å². The summed E-state index contributed by atoms with van der Waals surface area (Å²) in [6.45, 7) is 5.33. The van der Waals surface area contributed by atoms with Crippen LogP contribution >= 0.6 is 0 Å². The Labute approximate surface area is 164 Å². The predicted octanol–water partition coefficient (Wildman–Crippen LogP) is 1.08. The van der Waals surface area contributed by atoms with Crippen molar-refractivity contribution in [1.29, 1.82) is 0 Å². The normalized spacial score (nSPS) is 21.2. The van der Waals surface area contributed by atoms with Gasteiger partial charge in [-0.25, -0.2) is 0 Å². The Morgan fingerprint density at radius 3 is 2.54 bits per heavy atom. The summed E-state index contributed by atoms with van der Waals surface area (Å²) < 4.78 is 1.72. The fourth-order valence-corrected chi connectivity index (χ4v) is 3.99. The number of hydrogen-bond donors (Lipinski definition) is 0. The van der Waals surface area contributed by atoms with Gasteiger partial charge in [0.05, 0.1) is 17.9 Å². The van der Waals surface area contributed by atoms with Gasteiger partial charge < -0.3 is 9.80 Å². The quantitative estimate of drug-likeness (QED) is 0.794. The van der Waals surface area contributed by atoms with Crippen molar-refractivity contribution in [1.82, 2.24) is 24.6 Å². The van der Waals surface area contributed by atoms with Crippen LogP contribution < -0.4 is 4.90 Å². The molecule has 2 aliphatic heterocycles. The van der Waals surface area contributed by atoms with E-state index in [0.717, 1.165) is 30.6 Å². The molecule has 1 atom stereocenters. The molecule has 2 aromatic heterocycles. The Balaban J connectivity index is 1.38. The largest absolute Gasteiger partial charge is 0.335 e. The standard InChI is InChI=1S/C20H26N6O2/c1-15-5-6-17(21-12-15)19(27)25-10-8-24(9-11-25)18-4-3-7-26(20(18)28)16-13-22-23(2)14-16/h5-6,12-14,18H,3-4,7-11H2,1-2H3. The van der Waals surface area contributed by atoms with Crippen LogP contribution in [0, 0.1) is 6.92 Å². The van der Waals surface area contributed by atoms with E-state index in [0.29, 0.717) is 31.9 Å². The van der Waals surface area contributed by atoms with Gasteiger partial charge in [-0.2, -0.15) is 5.10 Å². The molecule has 2 amide bonds. The number of piperidine rings is 1. The molecule has 0 radical (unpaired) electrons. The van der Waals surface area contributed by atoms with Crippen LogP contribution in [0.5, 0.6) is 0 Å². The summed E-state index contributed by atoms with van der Waals surface area (Å²) in [5, 5.41) is 4.19. The van der Waals surface area contributed by atoms with E-state index in [1.54, 1.807) is 23.1 Å². The van der Waals surface area contributed by atoms with Crippen molar-refractivity contribution in [3.63, 3.8) is 0 Å². The van der Waals surface area contributed by atoms with E-state index in [1.165, 1.54) is 0 Å². The highest BCUT2D eigenvalue weighted by Crippen LogP contribution is 2.24. The lowest BCUT2D eigenvalue weighted by atomic mass is 10.0. The third kappa shape index (κ3) is 3.64. The second kappa shape index (κ2) is 7.71. The number of nitrogens with zero attached hydrogens (tertiary/aromatic N) is 6. The highest BCUT2D eigenvalue weighted by molar-refractivity contribution is 5.97. The Morgan fingerprint density at radius 2 is 1.89 bits per heavy atom. The lowest BCUT2D eigenvalue weighted by Crippen LogP contribution is -2.58. The number of hydrogen-bond acceptors (Lipinski definition) is 5. The first-order valence-electron chi connectivity index (χ1n) is 9.79. The maximum absolute atomic E-state index is 13.1. The molecule has 0 saturated carbocycles. The molecule has 2 fully saturated rings.